The molecule has 8 heteroatoms. The van der Waals surface area contributed by atoms with E-state index in [1.807, 2.05) is 31.4 Å². The van der Waals surface area contributed by atoms with Gasteiger partial charge in [0.25, 0.3) is 0 Å². The molecular formula is C25H39N5O3. The maximum absolute atomic E-state index is 11.8. The second-order valence-corrected chi connectivity index (χ2v) is 8.88. The summed E-state index contributed by atoms with van der Waals surface area (Å²) in [6.45, 7) is 5.45. The van der Waals surface area contributed by atoms with Gasteiger partial charge in [0.2, 0.25) is 0 Å². The van der Waals surface area contributed by atoms with Crippen molar-refractivity contribution < 1.29 is 14.6 Å². The first-order chi connectivity index (χ1) is 16.0. The van der Waals surface area contributed by atoms with Gasteiger partial charge in [0.05, 0.1) is 12.3 Å². The molecule has 1 aromatic heterocycles. The van der Waals surface area contributed by atoms with Crippen LogP contribution in [0.1, 0.15) is 43.9 Å². The molecule has 0 fully saturated rings. The summed E-state index contributed by atoms with van der Waals surface area (Å²) in [7, 11) is 1.72. The molecule has 0 saturated carbocycles. The van der Waals surface area contributed by atoms with E-state index in [1.54, 1.807) is 7.11 Å². The molecule has 33 heavy (non-hydrogen) atoms. The highest BCUT2D eigenvalue weighted by Crippen LogP contribution is 2.20. The molecule has 0 saturated heterocycles. The molecule has 0 aromatic carbocycles. The minimum Gasteiger partial charge on any atom is -0.480 e. The zero-order valence-electron chi connectivity index (χ0n) is 19.9. The predicted octanol–water partition coefficient (Wildman–Crippen LogP) is 2.53. The van der Waals surface area contributed by atoms with Crippen LogP contribution >= 0.6 is 0 Å². The summed E-state index contributed by atoms with van der Waals surface area (Å²) in [6.07, 6.45) is 13.3. The second kappa shape index (κ2) is 13.3. The van der Waals surface area contributed by atoms with Crippen molar-refractivity contribution >= 4 is 11.8 Å². The van der Waals surface area contributed by atoms with Gasteiger partial charge in [-0.3, -0.25) is 10.1 Å². The van der Waals surface area contributed by atoms with Crippen molar-refractivity contribution in [2.45, 2.75) is 63.8 Å². The molecule has 0 radical (unpaired) electrons. The van der Waals surface area contributed by atoms with Gasteiger partial charge in [-0.1, -0.05) is 12.1 Å². The number of hydrogen-bond donors (Lipinski definition) is 4. The van der Waals surface area contributed by atoms with Crippen LogP contribution in [0, 0.1) is 0 Å². The number of aromatic nitrogens is 1. The number of pyridine rings is 1. The lowest BCUT2D eigenvalue weighted by Gasteiger charge is -2.28. The molecule has 0 amide bonds. The first-order valence-corrected chi connectivity index (χ1v) is 12.1. The standard InChI is InChI=1S/C25H39N5O3/c1-19(33-2)18-30(17-13-22(25(31)32)29-23-10-3-5-14-26-23)16-6-4-9-21-12-11-20-8-7-15-27-24(20)28-21/h3,5,10-12,14,19,22-23,26,29H,4,6-9,13,15-18H2,1-2H3,(H,27,28)(H,31,32)/t19-,22?,23?/m1/s1. The fourth-order valence-electron chi connectivity index (χ4n) is 4.24. The van der Waals surface area contributed by atoms with Crippen LogP contribution in [0.3, 0.4) is 0 Å². The molecule has 0 aliphatic carbocycles. The van der Waals surface area contributed by atoms with E-state index >= 15 is 0 Å². The number of aryl methyl sites for hydroxylation is 2. The zero-order chi connectivity index (χ0) is 23.5. The fraction of sp³-hybridized carbons (Fsp3) is 0.600. The molecule has 3 heterocycles. The van der Waals surface area contributed by atoms with E-state index in [4.69, 9.17) is 9.72 Å². The lowest BCUT2D eigenvalue weighted by molar-refractivity contribution is -0.140. The van der Waals surface area contributed by atoms with E-state index in [-0.39, 0.29) is 12.3 Å². The molecule has 2 unspecified atom stereocenters. The highest BCUT2D eigenvalue weighted by molar-refractivity contribution is 5.73. The van der Waals surface area contributed by atoms with Gasteiger partial charge < -0.3 is 25.4 Å². The number of nitrogens with zero attached hydrogens (tertiary/aromatic N) is 2. The highest BCUT2D eigenvalue weighted by atomic mass is 16.5. The Kier molecular flexibility index (Phi) is 10.2. The number of aliphatic carboxylic acids is 1. The van der Waals surface area contributed by atoms with Crippen molar-refractivity contribution in [3.63, 3.8) is 0 Å². The Balaban J connectivity index is 1.46. The number of dihydropyridines is 1. The summed E-state index contributed by atoms with van der Waals surface area (Å²) >= 11 is 0. The Bertz CT molecular complexity index is 813. The van der Waals surface area contributed by atoms with Gasteiger partial charge >= 0.3 is 5.97 Å². The van der Waals surface area contributed by atoms with Crippen molar-refractivity contribution in [2.75, 3.05) is 38.6 Å². The van der Waals surface area contributed by atoms with Crippen LogP contribution < -0.4 is 16.0 Å². The largest absolute Gasteiger partial charge is 0.480 e. The Morgan fingerprint density at radius 1 is 1.33 bits per heavy atom. The van der Waals surface area contributed by atoms with Gasteiger partial charge in [-0.2, -0.15) is 0 Å². The lowest BCUT2D eigenvalue weighted by Crippen LogP contribution is -2.49. The van der Waals surface area contributed by atoms with Gasteiger partial charge in [-0.25, -0.2) is 4.98 Å². The Labute approximate surface area is 197 Å². The van der Waals surface area contributed by atoms with Crippen molar-refractivity contribution in [1.29, 1.82) is 0 Å². The summed E-state index contributed by atoms with van der Waals surface area (Å²) < 4.78 is 5.47. The van der Waals surface area contributed by atoms with Crippen LogP contribution in [0.4, 0.5) is 5.82 Å². The Morgan fingerprint density at radius 3 is 2.97 bits per heavy atom. The fourth-order valence-corrected chi connectivity index (χ4v) is 4.24. The third kappa shape index (κ3) is 8.46. The summed E-state index contributed by atoms with van der Waals surface area (Å²) in [5.41, 5.74) is 2.46. The van der Waals surface area contributed by atoms with Gasteiger partial charge in [-0.05, 0) is 82.0 Å². The van der Waals surface area contributed by atoms with Crippen molar-refractivity contribution in [1.82, 2.24) is 20.5 Å². The minimum atomic E-state index is -0.827. The van der Waals surface area contributed by atoms with E-state index in [1.165, 1.54) is 12.0 Å². The number of rotatable bonds is 14. The van der Waals surface area contributed by atoms with Crippen molar-refractivity contribution in [2.24, 2.45) is 0 Å². The number of allylic oxidation sites excluding steroid dienone is 2. The number of ether oxygens (including phenoxy) is 1. The molecule has 1 aromatic rings. The van der Waals surface area contributed by atoms with Gasteiger partial charge in [-0.15, -0.1) is 0 Å². The van der Waals surface area contributed by atoms with Gasteiger partial charge in [0.1, 0.15) is 11.9 Å². The number of carbonyl (C=O) groups is 1. The van der Waals surface area contributed by atoms with Crippen molar-refractivity contribution in [3.05, 3.63) is 47.8 Å². The molecule has 2 aliphatic heterocycles. The van der Waals surface area contributed by atoms with Crippen LogP contribution in [0.15, 0.2) is 36.6 Å². The SMILES string of the molecule is CO[C@H](C)CN(CCCCc1ccc2c(n1)NCCC2)CCC(NC1C=CC=CN1)C(=O)O. The maximum Gasteiger partial charge on any atom is 0.320 e. The molecule has 0 spiro atoms. The minimum absolute atomic E-state index is 0.0997. The highest BCUT2D eigenvalue weighted by Gasteiger charge is 2.22. The zero-order valence-corrected chi connectivity index (χ0v) is 19.9. The van der Waals surface area contributed by atoms with E-state index in [2.05, 4.69) is 33.0 Å². The van der Waals surface area contributed by atoms with Crippen LogP contribution in [-0.4, -0.2) is 72.6 Å². The molecule has 8 nitrogen and oxygen atoms in total. The number of fused-ring (bicyclic) bond motifs is 1. The van der Waals surface area contributed by atoms with Gasteiger partial charge in [0, 0.05) is 32.4 Å². The second-order valence-electron chi connectivity index (χ2n) is 8.88. The average Bonchev–Trinajstić information content (AvgIpc) is 2.84. The third-order valence-electron chi connectivity index (χ3n) is 6.23. The van der Waals surface area contributed by atoms with Crippen LogP contribution in [-0.2, 0) is 22.4 Å². The molecule has 182 valence electrons. The number of unbranched alkanes of at least 4 members (excludes halogenated alkanes) is 1. The van der Waals surface area contributed by atoms with Gasteiger partial charge in [0.15, 0.2) is 0 Å². The number of anilines is 1. The molecule has 4 N–H and O–H groups in total. The molecular weight excluding hydrogens is 418 g/mol. The van der Waals surface area contributed by atoms with Crippen LogP contribution in [0.5, 0.6) is 0 Å². The Hall–Kier alpha value is -2.42. The third-order valence-corrected chi connectivity index (χ3v) is 6.23. The number of carboxylic acids is 1. The first-order valence-electron chi connectivity index (χ1n) is 12.1. The van der Waals surface area contributed by atoms with E-state index < -0.39 is 12.0 Å². The lowest BCUT2D eigenvalue weighted by atomic mass is 10.1. The van der Waals surface area contributed by atoms with Crippen molar-refractivity contribution in [3.8, 4) is 0 Å². The molecule has 0 bridgehead atoms. The van der Waals surface area contributed by atoms with E-state index in [0.717, 1.165) is 56.8 Å². The first kappa shape index (κ1) is 25.2. The van der Waals surface area contributed by atoms with Crippen LogP contribution in [0.2, 0.25) is 0 Å². The number of carboxylic acid groups (broad SMARTS) is 1. The average molecular weight is 458 g/mol. The van der Waals surface area contributed by atoms with Crippen LogP contribution in [0.25, 0.3) is 0 Å². The van der Waals surface area contributed by atoms with E-state index in [0.29, 0.717) is 13.0 Å². The molecule has 3 atom stereocenters. The predicted molar refractivity (Wildman–Crippen MR) is 131 cm³/mol. The number of methoxy groups -OCH3 is 1. The quantitative estimate of drug-likeness (QED) is 0.317. The molecule has 3 rings (SSSR count). The maximum atomic E-state index is 11.8. The summed E-state index contributed by atoms with van der Waals surface area (Å²) in [5, 5.41) is 19.4. The topological polar surface area (TPSA) is 98.8 Å². The number of nitrogens with one attached hydrogen (secondary N) is 3. The Morgan fingerprint density at radius 2 is 2.21 bits per heavy atom. The summed E-state index contributed by atoms with van der Waals surface area (Å²) in [5.74, 6) is 0.228. The smallest absolute Gasteiger partial charge is 0.320 e. The monoisotopic (exact) mass is 457 g/mol. The molecule has 2 aliphatic rings. The van der Waals surface area contributed by atoms with E-state index in [9.17, 15) is 9.90 Å². The summed E-state index contributed by atoms with van der Waals surface area (Å²) in [4.78, 5) is 18.9. The summed E-state index contributed by atoms with van der Waals surface area (Å²) in [6, 6.07) is 3.75. The number of hydrogen-bond acceptors (Lipinski definition) is 7. The normalized spacial score (nSPS) is 18.9.